The molecule has 0 fully saturated rings. The van der Waals surface area contributed by atoms with Gasteiger partial charge in [0, 0.05) is 15.2 Å². The molecule has 1 heterocycles. The number of nitrogens with one attached hydrogen (secondary N) is 1. The largest absolute Gasteiger partial charge is 0.325 e. The minimum Gasteiger partial charge on any atom is -0.325 e. The summed E-state index contributed by atoms with van der Waals surface area (Å²) < 4.78 is 1.02. The highest BCUT2D eigenvalue weighted by Crippen LogP contribution is 2.39. The molecule has 0 aliphatic carbocycles. The van der Waals surface area contributed by atoms with Crippen LogP contribution in [0.2, 0.25) is 5.02 Å². The Labute approximate surface area is 138 Å². The van der Waals surface area contributed by atoms with Crippen LogP contribution in [0.5, 0.6) is 0 Å². The minimum absolute atomic E-state index is 0.00602. The summed E-state index contributed by atoms with van der Waals surface area (Å²) in [6, 6.07) is 11.9. The van der Waals surface area contributed by atoms with E-state index in [-0.39, 0.29) is 10.7 Å². The van der Waals surface area contributed by atoms with Crippen molar-refractivity contribution in [3.63, 3.8) is 0 Å². The first-order valence-corrected chi connectivity index (χ1v) is 8.15. The second-order valence-electron chi connectivity index (χ2n) is 4.67. The SMILES string of the molecule is O=C1Cc2cc(C(Br)c3cccc(Br)c3)c(Cl)cc2N1. The molecule has 20 heavy (non-hydrogen) atoms. The molecule has 1 unspecified atom stereocenters. The summed E-state index contributed by atoms with van der Waals surface area (Å²) in [5, 5.41) is 3.45. The quantitative estimate of drug-likeness (QED) is 0.681. The number of rotatable bonds is 2. The first kappa shape index (κ1) is 14.1. The predicted octanol–water partition coefficient (Wildman–Crippen LogP) is 5.08. The number of benzene rings is 2. The van der Waals surface area contributed by atoms with Crippen LogP contribution in [0.1, 0.15) is 21.5 Å². The Morgan fingerprint density at radius 2 is 2.05 bits per heavy atom. The van der Waals surface area contributed by atoms with Crippen molar-refractivity contribution in [2.75, 3.05) is 5.32 Å². The maximum absolute atomic E-state index is 11.4. The van der Waals surface area contributed by atoms with Crippen molar-refractivity contribution in [1.82, 2.24) is 0 Å². The van der Waals surface area contributed by atoms with Gasteiger partial charge in [-0.2, -0.15) is 0 Å². The molecule has 1 aliphatic heterocycles. The number of amides is 1. The lowest BCUT2D eigenvalue weighted by Gasteiger charge is -2.14. The van der Waals surface area contributed by atoms with Gasteiger partial charge in [0.2, 0.25) is 5.91 Å². The number of halogens is 3. The van der Waals surface area contributed by atoms with E-state index in [2.05, 4.69) is 37.2 Å². The molecule has 1 aliphatic rings. The van der Waals surface area contributed by atoms with E-state index in [4.69, 9.17) is 11.6 Å². The van der Waals surface area contributed by atoms with Gasteiger partial charge in [-0.25, -0.2) is 0 Å². The van der Waals surface area contributed by atoms with Gasteiger partial charge in [-0.1, -0.05) is 61.7 Å². The van der Waals surface area contributed by atoms with E-state index < -0.39 is 0 Å². The smallest absolute Gasteiger partial charge is 0.228 e. The molecule has 0 spiro atoms. The van der Waals surface area contributed by atoms with Gasteiger partial charge in [0.15, 0.2) is 0 Å². The highest BCUT2D eigenvalue weighted by atomic mass is 79.9. The molecule has 2 aromatic carbocycles. The van der Waals surface area contributed by atoms with Crippen molar-refractivity contribution < 1.29 is 4.79 Å². The van der Waals surface area contributed by atoms with Crippen molar-refractivity contribution >= 4 is 55.1 Å². The van der Waals surface area contributed by atoms with Crippen LogP contribution in [0, 0.1) is 0 Å². The Bertz CT molecular complexity index is 702. The van der Waals surface area contributed by atoms with E-state index in [1.807, 2.05) is 36.4 Å². The van der Waals surface area contributed by atoms with Gasteiger partial charge in [-0.15, -0.1) is 0 Å². The predicted molar refractivity (Wildman–Crippen MR) is 88.7 cm³/mol. The van der Waals surface area contributed by atoms with Gasteiger partial charge in [-0.05, 0) is 34.9 Å². The summed E-state index contributed by atoms with van der Waals surface area (Å²) in [6.07, 6.45) is 0.414. The van der Waals surface area contributed by atoms with Crippen molar-refractivity contribution in [2.24, 2.45) is 0 Å². The number of anilines is 1. The van der Waals surface area contributed by atoms with Crippen LogP contribution in [0.3, 0.4) is 0 Å². The third-order valence-electron chi connectivity index (χ3n) is 3.26. The lowest BCUT2D eigenvalue weighted by atomic mass is 10.0. The highest BCUT2D eigenvalue weighted by molar-refractivity contribution is 9.10. The van der Waals surface area contributed by atoms with Crippen LogP contribution in [0.15, 0.2) is 40.9 Å². The van der Waals surface area contributed by atoms with E-state index >= 15 is 0 Å². The van der Waals surface area contributed by atoms with Crippen LogP contribution in [-0.4, -0.2) is 5.91 Å². The second kappa shape index (κ2) is 5.51. The normalized spacial score (nSPS) is 14.8. The third kappa shape index (κ3) is 2.65. The zero-order valence-corrected chi connectivity index (χ0v) is 14.2. The summed E-state index contributed by atoms with van der Waals surface area (Å²) >= 11 is 13.5. The van der Waals surface area contributed by atoms with Crippen molar-refractivity contribution in [2.45, 2.75) is 11.2 Å². The third-order valence-corrected chi connectivity index (χ3v) is 5.10. The molecule has 2 nitrogen and oxygen atoms in total. The number of carbonyl (C=O) groups excluding carboxylic acids is 1. The fourth-order valence-electron chi connectivity index (χ4n) is 2.31. The molecule has 0 saturated heterocycles. The zero-order valence-electron chi connectivity index (χ0n) is 10.3. The number of hydrogen-bond acceptors (Lipinski definition) is 1. The molecule has 5 heteroatoms. The topological polar surface area (TPSA) is 29.1 Å². The summed E-state index contributed by atoms with van der Waals surface area (Å²) in [6.45, 7) is 0. The number of hydrogen-bond donors (Lipinski definition) is 1. The highest BCUT2D eigenvalue weighted by Gasteiger charge is 2.22. The summed E-state index contributed by atoms with van der Waals surface area (Å²) in [7, 11) is 0. The monoisotopic (exact) mass is 413 g/mol. The van der Waals surface area contributed by atoms with E-state index in [0.29, 0.717) is 11.4 Å². The van der Waals surface area contributed by atoms with Crippen molar-refractivity contribution in [3.05, 3.63) is 62.6 Å². The lowest BCUT2D eigenvalue weighted by Crippen LogP contribution is -2.03. The molecule has 1 atom stereocenters. The van der Waals surface area contributed by atoms with E-state index in [1.165, 1.54) is 0 Å². The van der Waals surface area contributed by atoms with Crippen LogP contribution >= 0.6 is 43.5 Å². The van der Waals surface area contributed by atoms with Crippen molar-refractivity contribution in [1.29, 1.82) is 0 Å². The molecule has 3 rings (SSSR count). The molecule has 1 N–H and O–H groups in total. The van der Waals surface area contributed by atoms with Crippen molar-refractivity contribution in [3.8, 4) is 0 Å². The standard InChI is InChI=1S/C15H10Br2ClNO/c16-10-3-1-2-8(4-10)15(17)11-5-9-6-14(20)19-13(9)7-12(11)18/h1-5,7,15H,6H2,(H,19,20). The Balaban J connectivity index is 2.02. The average molecular weight is 416 g/mol. The van der Waals surface area contributed by atoms with E-state index in [9.17, 15) is 4.79 Å². The van der Waals surface area contributed by atoms with Gasteiger partial charge in [0.05, 0.1) is 11.2 Å². The molecule has 0 bridgehead atoms. The zero-order chi connectivity index (χ0) is 14.3. The Morgan fingerprint density at radius 3 is 2.80 bits per heavy atom. The fraction of sp³-hybridized carbons (Fsp3) is 0.133. The summed E-state index contributed by atoms with van der Waals surface area (Å²) in [5.41, 5.74) is 3.89. The first-order chi connectivity index (χ1) is 9.54. The van der Waals surface area contributed by atoms with Gasteiger partial charge >= 0.3 is 0 Å². The van der Waals surface area contributed by atoms with Crippen LogP contribution in [-0.2, 0) is 11.2 Å². The number of fused-ring (bicyclic) bond motifs is 1. The Hall–Kier alpha value is -0.840. The van der Waals surface area contributed by atoms with Gasteiger partial charge < -0.3 is 5.32 Å². The van der Waals surface area contributed by atoms with Gasteiger partial charge in [-0.3, -0.25) is 4.79 Å². The number of carbonyl (C=O) groups is 1. The second-order valence-corrected chi connectivity index (χ2v) is 6.91. The van der Waals surface area contributed by atoms with Gasteiger partial charge in [0.25, 0.3) is 0 Å². The van der Waals surface area contributed by atoms with Crippen LogP contribution in [0.4, 0.5) is 5.69 Å². The molecule has 0 radical (unpaired) electrons. The maximum atomic E-state index is 11.4. The van der Waals surface area contributed by atoms with E-state index in [1.54, 1.807) is 0 Å². The molecule has 1 amide bonds. The van der Waals surface area contributed by atoms with Crippen LogP contribution in [0.25, 0.3) is 0 Å². The fourth-order valence-corrected chi connectivity index (χ4v) is 3.79. The molecule has 102 valence electrons. The Kier molecular flexibility index (Phi) is 3.89. The average Bonchev–Trinajstić information content (AvgIpc) is 2.76. The lowest BCUT2D eigenvalue weighted by molar-refractivity contribution is -0.115. The number of alkyl halides is 1. The molecule has 2 aromatic rings. The molecular weight excluding hydrogens is 405 g/mol. The minimum atomic E-state index is -0.00602. The molecular formula is C15H10Br2ClNO. The molecule has 0 aromatic heterocycles. The van der Waals surface area contributed by atoms with Crippen LogP contribution < -0.4 is 5.32 Å². The first-order valence-electron chi connectivity index (χ1n) is 6.06. The van der Waals surface area contributed by atoms with Gasteiger partial charge in [0.1, 0.15) is 0 Å². The molecule has 0 saturated carbocycles. The Morgan fingerprint density at radius 1 is 1.25 bits per heavy atom. The van der Waals surface area contributed by atoms with E-state index in [0.717, 1.165) is 26.9 Å². The summed E-state index contributed by atoms with van der Waals surface area (Å²) in [5.74, 6) is 0.0156. The maximum Gasteiger partial charge on any atom is 0.228 e. The summed E-state index contributed by atoms with van der Waals surface area (Å²) in [4.78, 5) is 11.4.